The van der Waals surface area contributed by atoms with Crippen molar-refractivity contribution in [1.82, 2.24) is 9.29 Å². The van der Waals surface area contributed by atoms with E-state index in [1.165, 1.54) is 16.8 Å². The Balaban J connectivity index is 2.05. The van der Waals surface area contributed by atoms with Gasteiger partial charge in [0.15, 0.2) is 11.5 Å². The summed E-state index contributed by atoms with van der Waals surface area (Å²) in [5.74, 6) is 0.737. The van der Waals surface area contributed by atoms with Crippen LogP contribution in [-0.4, -0.2) is 45.3 Å². The molecular weight excluding hydrogens is 396 g/mol. The molecule has 0 radical (unpaired) electrons. The van der Waals surface area contributed by atoms with Crippen molar-refractivity contribution in [2.75, 3.05) is 26.4 Å². The predicted molar refractivity (Wildman–Crippen MR) is 109 cm³/mol. The second-order valence-corrected chi connectivity index (χ2v) is 7.95. The number of benzene rings is 1. The highest BCUT2D eigenvalue weighted by molar-refractivity contribution is 7.89. The van der Waals surface area contributed by atoms with Crippen LogP contribution >= 0.6 is 0 Å². The summed E-state index contributed by atoms with van der Waals surface area (Å²) in [7, 11) is -2.15. The van der Waals surface area contributed by atoms with Crippen LogP contribution in [0.25, 0.3) is 0 Å². The van der Waals surface area contributed by atoms with Crippen molar-refractivity contribution in [2.45, 2.75) is 32.1 Å². The summed E-state index contributed by atoms with van der Waals surface area (Å²) < 4.78 is 45.2. The minimum Gasteiger partial charge on any atom is -0.490 e. The standard InChI is InChI=1S/C20H28N2O6S/c1-5-26-18-9-8-15(12-19(18)27-6-2)10-11-21-29(24,25)16-13-17(22(4)14-16)20(23)28-7-3/h8-9,12-14,21H,5-7,10-11H2,1-4H3. The molecule has 2 rings (SSSR count). The van der Waals surface area contributed by atoms with Gasteiger partial charge in [0.05, 0.1) is 19.8 Å². The number of ether oxygens (including phenoxy) is 3. The fourth-order valence-corrected chi connectivity index (χ4v) is 3.85. The van der Waals surface area contributed by atoms with Gasteiger partial charge in [-0.05, 0) is 51.0 Å². The molecular formula is C20H28N2O6S. The molecule has 1 N–H and O–H groups in total. The maximum absolute atomic E-state index is 12.6. The molecule has 0 atom stereocenters. The Morgan fingerprint density at radius 3 is 2.38 bits per heavy atom. The van der Waals surface area contributed by atoms with Gasteiger partial charge in [-0.15, -0.1) is 0 Å². The Bertz CT molecular complexity index is 936. The first-order chi connectivity index (χ1) is 13.8. The number of hydrogen-bond acceptors (Lipinski definition) is 6. The van der Waals surface area contributed by atoms with E-state index in [4.69, 9.17) is 14.2 Å². The normalized spacial score (nSPS) is 11.3. The van der Waals surface area contributed by atoms with Crippen molar-refractivity contribution >= 4 is 16.0 Å². The van der Waals surface area contributed by atoms with Crippen LogP contribution in [0.3, 0.4) is 0 Å². The van der Waals surface area contributed by atoms with Crippen molar-refractivity contribution in [3.63, 3.8) is 0 Å². The molecule has 8 nitrogen and oxygen atoms in total. The van der Waals surface area contributed by atoms with Gasteiger partial charge in [0.2, 0.25) is 10.0 Å². The molecule has 1 aromatic carbocycles. The highest BCUT2D eigenvalue weighted by Crippen LogP contribution is 2.28. The lowest BCUT2D eigenvalue weighted by atomic mass is 10.1. The van der Waals surface area contributed by atoms with E-state index in [1.807, 2.05) is 32.0 Å². The fourth-order valence-electron chi connectivity index (χ4n) is 2.75. The SMILES string of the molecule is CCOC(=O)c1cc(S(=O)(=O)NCCc2ccc(OCC)c(OCC)c2)cn1C. The van der Waals surface area contributed by atoms with Crippen LogP contribution in [0.2, 0.25) is 0 Å². The van der Waals surface area contributed by atoms with Crippen molar-refractivity contribution in [1.29, 1.82) is 0 Å². The summed E-state index contributed by atoms with van der Waals surface area (Å²) in [6, 6.07) is 6.86. The van der Waals surface area contributed by atoms with Gasteiger partial charge in [-0.1, -0.05) is 6.07 Å². The highest BCUT2D eigenvalue weighted by Gasteiger charge is 2.21. The summed E-state index contributed by atoms with van der Waals surface area (Å²) in [4.78, 5) is 11.9. The first-order valence-corrected chi connectivity index (χ1v) is 11.0. The third kappa shape index (κ3) is 5.98. The Morgan fingerprint density at radius 2 is 1.72 bits per heavy atom. The zero-order valence-corrected chi connectivity index (χ0v) is 18.0. The Kier molecular flexibility index (Phi) is 8.10. The summed E-state index contributed by atoms with van der Waals surface area (Å²) >= 11 is 0. The maximum Gasteiger partial charge on any atom is 0.354 e. The Labute approximate surface area is 171 Å². The first kappa shape index (κ1) is 22.8. The van der Waals surface area contributed by atoms with Crippen LogP contribution < -0.4 is 14.2 Å². The molecule has 9 heteroatoms. The molecule has 0 aliphatic rings. The van der Waals surface area contributed by atoms with E-state index in [-0.39, 0.29) is 23.7 Å². The van der Waals surface area contributed by atoms with Crippen LogP contribution in [-0.2, 0) is 28.2 Å². The van der Waals surface area contributed by atoms with E-state index in [9.17, 15) is 13.2 Å². The predicted octanol–water partition coefficient (Wildman–Crippen LogP) is 2.52. The second kappa shape index (κ2) is 10.3. The van der Waals surface area contributed by atoms with Gasteiger partial charge in [0.1, 0.15) is 10.6 Å². The molecule has 0 saturated heterocycles. The molecule has 29 heavy (non-hydrogen) atoms. The number of nitrogens with one attached hydrogen (secondary N) is 1. The maximum atomic E-state index is 12.6. The molecule has 0 aliphatic carbocycles. The van der Waals surface area contributed by atoms with E-state index < -0.39 is 16.0 Å². The van der Waals surface area contributed by atoms with Gasteiger partial charge < -0.3 is 18.8 Å². The minimum absolute atomic E-state index is 0.0183. The smallest absolute Gasteiger partial charge is 0.354 e. The fraction of sp³-hybridized carbons (Fsp3) is 0.450. The largest absolute Gasteiger partial charge is 0.490 e. The molecule has 1 heterocycles. The average Bonchev–Trinajstić information content (AvgIpc) is 3.07. The number of aryl methyl sites for hydroxylation is 1. The number of nitrogens with zero attached hydrogens (tertiary/aromatic N) is 1. The van der Waals surface area contributed by atoms with Crippen LogP contribution in [0.1, 0.15) is 36.8 Å². The average molecular weight is 425 g/mol. The molecule has 0 amide bonds. The second-order valence-electron chi connectivity index (χ2n) is 6.19. The number of rotatable bonds is 11. The molecule has 0 fully saturated rings. The Hall–Kier alpha value is -2.52. The van der Waals surface area contributed by atoms with E-state index in [1.54, 1.807) is 14.0 Å². The van der Waals surface area contributed by atoms with Gasteiger partial charge in [-0.25, -0.2) is 17.9 Å². The van der Waals surface area contributed by atoms with Gasteiger partial charge in [0.25, 0.3) is 0 Å². The summed E-state index contributed by atoms with van der Waals surface area (Å²) in [5, 5.41) is 0. The molecule has 0 bridgehead atoms. The summed E-state index contributed by atoms with van der Waals surface area (Å²) in [5.41, 5.74) is 1.10. The minimum atomic E-state index is -3.75. The van der Waals surface area contributed by atoms with E-state index in [2.05, 4.69) is 4.72 Å². The van der Waals surface area contributed by atoms with Crippen LogP contribution in [0, 0.1) is 0 Å². The van der Waals surface area contributed by atoms with Crippen molar-refractivity contribution in [3.8, 4) is 11.5 Å². The molecule has 0 saturated carbocycles. The zero-order chi connectivity index (χ0) is 21.4. The molecule has 0 unspecified atom stereocenters. The van der Waals surface area contributed by atoms with Crippen molar-refractivity contribution < 1.29 is 27.4 Å². The van der Waals surface area contributed by atoms with Gasteiger partial charge in [-0.3, -0.25) is 0 Å². The van der Waals surface area contributed by atoms with E-state index >= 15 is 0 Å². The lowest BCUT2D eigenvalue weighted by Gasteiger charge is -2.12. The number of aromatic nitrogens is 1. The Morgan fingerprint density at radius 1 is 1.03 bits per heavy atom. The summed E-state index contributed by atoms with van der Waals surface area (Å²) in [6.07, 6.45) is 1.86. The number of esters is 1. The highest BCUT2D eigenvalue weighted by atomic mass is 32.2. The van der Waals surface area contributed by atoms with Gasteiger partial charge >= 0.3 is 5.97 Å². The third-order valence-corrected chi connectivity index (χ3v) is 5.52. The molecule has 2 aromatic rings. The molecule has 160 valence electrons. The molecule has 0 aliphatic heterocycles. The number of hydrogen-bond donors (Lipinski definition) is 1. The summed E-state index contributed by atoms with van der Waals surface area (Å²) in [6.45, 7) is 6.94. The van der Waals surface area contributed by atoms with E-state index in [0.29, 0.717) is 31.1 Å². The van der Waals surface area contributed by atoms with Crippen LogP contribution in [0.5, 0.6) is 11.5 Å². The lowest BCUT2D eigenvalue weighted by Crippen LogP contribution is -2.25. The van der Waals surface area contributed by atoms with Crippen LogP contribution in [0.15, 0.2) is 35.4 Å². The lowest BCUT2D eigenvalue weighted by molar-refractivity contribution is 0.0515. The number of carbonyl (C=O) groups excluding carboxylic acids is 1. The van der Waals surface area contributed by atoms with Gasteiger partial charge in [0, 0.05) is 19.8 Å². The quantitative estimate of drug-likeness (QED) is 0.557. The third-order valence-electron chi connectivity index (χ3n) is 4.09. The van der Waals surface area contributed by atoms with Crippen molar-refractivity contribution in [2.24, 2.45) is 7.05 Å². The first-order valence-electron chi connectivity index (χ1n) is 9.54. The monoisotopic (exact) mass is 424 g/mol. The van der Waals surface area contributed by atoms with Gasteiger partial charge in [-0.2, -0.15) is 0 Å². The zero-order valence-electron chi connectivity index (χ0n) is 17.2. The topological polar surface area (TPSA) is 95.9 Å². The number of carbonyl (C=O) groups is 1. The molecule has 1 aromatic heterocycles. The molecule has 0 spiro atoms. The van der Waals surface area contributed by atoms with E-state index in [0.717, 1.165) is 5.56 Å². The van der Waals surface area contributed by atoms with Crippen molar-refractivity contribution in [3.05, 3.63) is 41.7 Å². The number of sulfonamides is 1. The van der Waals surface area contributed by atoms with Crippen LogP contribution in [0.4, 0.5) is 0 Å².